The van der Waals surface area contributed by atoms with Gasteiger partial charge >= 0.3 is 0 Å². The zero-order valence-electron chi connectivity index (χ0n) is 11.4. The highest BCUT2D eigenvalue weighted by atomic mass is 127. The van der Waals surface area contributed by atoms with E-state index in [1.807, 2.05) is 18.2 Å². The first kappa shape index (κ1) is 16.9. The molecular formula is C14H20BrIN2O. The van der Waals surface area contributed by atoms with Crippen LogP contribution in [0.4, 0.5) is 0 Å². The molecule has 0 atom stereocenters. The molecule has 0 aliphatic rings. The van der Waals surface area contributed by atoms with Gasteiger partial charge in [0.05, 0.1) is 5.56 Å². The van der Waals surface area contributed by atoms with Crippen molar-refractivity contribution in [2.24, 2.45) is 0 Å². The number of carbonyl (C=O) groups excluding carboxylic acids is 1. The van der Waals surface area contributed by atoms with E-state index in [4.69, 9.17) is 0 Å². The minimum atomic E-state index is -0.00162. The molecular weight excluding hydrogens is 419 g/mol. The molecule has 0 saturated heterocycles. The first-order valence-corrected chi connectivity index (χ1v) is 8.41. The van der Waals surface area contributed by atoms with Crippen LogP contribution in [0.3, 0.4) is 0 Å². The third-order valence-corrected chi connectivity index (χ3v) is 4.31. The summed E-state index contributed by atoms with van der Waals surface area (Å²) in [6.07, 6.45) is 1.14. The number of hydrogen-bond acceptors (Lipinski definition) is 2. The number of halogens is 2. The highest BCUT2D eigenvalue weighted by Gasteiger charge is 2.10. The minimum absolute atomic E-state index is 0.00162. The Balaban J connectivity index is 2.49. The van der Waals surface area contributed by atoms with Crippen LogP contribution in [-0.2, 0) is 0 Å². The molecule has 0 fully saturated rings. The minimum Gasteiger partial charge on any atom is -0.351 e. The number of likely N-dealkylation sites (N-methyl/N-ethyl adjacent to an activating group) is 1. The summed E-state index contributed by atoms with van der Waals surface area (Å²) in [4.78, 5) is 14.4. The highest BCUT2D eigenvalue weighted by molar-refractivity contribution is 14.1. The summed E-state index contributed by atoms with van der Waals surface area (Å²) in [6.45, 7) is 8.02. The van der Waals surface area contributed by atoms with E-state index in [-0.39, 0.29) is 5.91 Å². The molecule has 1 aromatic carbocycles. The van der Waals surface area contributed by atoms with Crippen LogP contribution in [-0.4, -0.2) is 37.0 Å². The van der Waals surface area contributed by atoms with Crippen LogP contribution in [0.25, 0.3) is 0 Å². The Morgan fingerprint density at radius 3 is 2.74 bits per heavy atom. The molecule has 0 radical (unpaired) electrons. The van der Waals surface area contributed by atoms with Crippen LogP contribution < -0.4 is 5.32 Å². The predicted octanol–water partition coefficient (Wildman–Crippen LogP) is 3.52. The Kier molecular flexibility index (Phi) is 7.94. The fraction of sp³-hybridized carbons (Fsp3) is 0.500. The largest absolute Gasteiger partial charge is 0.351 e. The monoisotopic (exact) mass is 438 g/mol. The maximum atomic E-state index is 12.1. The molecule has 106 valence electrons. The number of rotatable bonds is 7. The molecule has 0 bridgehead atoms. The number of nitrogens with zero attached hydrogens (tertiary/aromatic N) is 1. The maximum Gasteiger partial charge on any atom is 0.252 e. The third kappa shape index (κ3) is 5.79. The van der Waals surface area contributed by atoms with Crippen molar-refractivity contribution in [2.75, 3.05) is 26.2 Å². The van der Waals surface area contributed by atoms with E-state index in [2.05, 4.69) is 62.6 Å². The molecule has 0 aromatic heterocycles. The highest BCUT2D eigenvalue weighted by Crippen LogP contribution is 2.18. The van der Waals surface area contributed by atoms with Crippen LogP contribution in [0.15, 0.2) is 22.7 Å². The molecule has 19 heavy (non-hydrogen) atoms. The van der Waals surface area contributed by atoms with Gasteiger partial charge in [-0.05, 0) is 60.3 Å². The van der Waals surface area contributed by atoms with Gasteiger partial charge in [0, 0.05) is 21.1 Å². The molecule has 3 nitrogen and oxygen atoms in total. The lowest BCUT2D eigenvalue weighted by atomic mass is 10.2. The number of carbonyl (C=O) groups is 1. The quantitative estimate of drug-likeness (QED) is 0.660. The van der Waals surface area contributed by atoms with Gasteiger partial charge in [0.2, 0.25) is 0 Å². The first-order chi connectivity index (χ1) is 9.08. The van der Waals surface area contributed by atoms with Crippen LogP contribution in [0.2, 0.25) is 0 Å². The molecule has 0 aliphatic carbocycles. The fourth-order valence-electron chi connectivity index (χ4n) is 1.84. The number of nitrogens with one attached hydrogen (secondary N) is 1. The summed E-state index contributed by atoms with van der Waals surface area (Å²) >= 11 is 5.58. The van der Waals surface area contributed by atoms with Gasteiger partial charge in [0.25, 0.3) is 5.91 Å². The lowest BCUT2D eigenvalue weighted by Gasteiger charge is -2.19. The number of hydrogen-bond donors (Lipinski definition) is 1. The van der Waals surface area contributed by atoms with E-state index in [0.29, 0.717) is 6.54 Å². The third-order valence-electron chi connectivity index (χ3n) is 2.87. The van der Waals surface area contributed by atoms with Gasteiger partial charge in [-0.1, -0.05) is 29.8 Å². The normalized spacial score (nSPS) is 10.8. The van der Waals surface area contributed by atoms with E-state index >= 15 is 0 Å². The summed E-state index contributed by atoms with van der Waals surface area (Å²) in [5.74, 6) is -0.00162. The smallest absolute Gasteiger partial charge is 0.252 e. The summed E-state index contributed by atoms with van der Waals surface area (Å²) in [5, 5.41) is 2.98. The van der Waals surface area contributed by atoms with E-state index in [9.17, 15) is 4.79 Å². The van der Waals surface area contributed by atoms with Crippen LogP contribution in [0, 0.1) is 3.57 Å². The van der Waals surface area contributed by atoms with Crippen molar-refractivity contribution in [1.29, 1.82) is 0 Å². The maximum absolute atomic E-state index is 12.1. The lowest BCUT2D eigenvalue weighted by Crippen LogP contribution is -2.35. The summed E-state index contributed by atoms with van der Waals surface area (Å²) in [5.41, 5.74) is 0.730. The summed E-state index contributed by atoms with van der Waals surface area (Å²) in [6, 6.07) is 5.74. The molecule has 1 N–H and O–H groups in total. The number of benzene rings is 1. The Hall–Kier alpha value is -0.140. The van der Waals surface area contributed by atoms with Gasteiger partial charge in [0.15, 0.2) is 0 Å². The van der Waals surface area contributed by atoms with Gasteiger partial charge < -0.3 is 10.2 Å². The van der Waals surface area contributed by atoms with Crippen molar-refractivity contribution >= 4 is 44.4 Å². The summed E-state index contributed by atoms with van der Waals surface area (Å²) in [7, 11) is 0. The van der Waals surface area contributed by atoms with Crippen molar-refractivity contribution in [3.63, 3.8) is 0 Å². The molecule has 0 unspecified atom stereocenters. The predicted molar refractivity (Wildman–Crippen MR) is 91.6 cm³/mol. The molecule has 1 rings (SSSR count). The average Bonchev–Trinajstić information content (AvgIpc) is 2.40. The van der Waals surface area contributed by atoms with Gasteiger partial charge in [-0.2, -0.15) is 0 Å². The molecule has 1 amide bonds. The van der Waals surface area contributed by atoms with Gasteiger partial charge in [0.1, 0.15) is 0 Å². The molecule has 5 heteroatoms. The zero-order chi connectivity index (χ0) is 14.3. The van der Waals surface area contributed by atoms with E-state index in [1.54, 1.807) is 0 Å². The van der Waals surface area contributed by atoms with Gasteiger partial charge in [-0.3, -0.25) is 4.79 Å². The second-order valence-corrected chi connectivity index (χ2v) is 6.39. The van der Waals surface area contributed by atoms with Crippen molar-refractivity contribution in [2.45, 2.75) is 20.3 Å². The number of amides is 1. The van der Waals surface area contributed by atoms with Crippen LogP contribution in [0.1, 0.15) is 30.6 Å². The molecule has 0 spiro atoms. The van der Waals surface area contributed by atoms with Crippen molar-refractivity contribution in [3.8, 4) is 0 Å². The molecule has 0 heterocycles. The first-order valence-electron chi connectivity index (χ1n) is 6.54. The van der Waals surface area contributed by atoms with Gasteiger partial charge in [-0.25, -0.2) is 0 Å². The Morgan fingerprint density at radius 1 is 1.37 bits per heavy atom. The standard InChI is InChI=1S/C14H20BrIN2O/c1-3-8-18(4-2)9-7-17-14(19)12-10-11(15)5-6-13(12)16/h5-6,10H,3-4,7-9H2,1-2H3,(H,17,19). The Bertz CT molecular complexity index is 426. The molecule has 1 aromatic rings. The average molecular weight is 439 g/mol. The second-order valence-electron chi connectivity index (χ2n) is 4.31. The molecule has 0 saturated carbocycles. The van der Waals surface area contributed by atoms with E-state index in [1.165, 1.54) is 0 Å². The second kappa shape index (κ2) is 8.92. The summed E-state index contributed by atoms with van der Waals surface area (Å²) < 4.78 is 1.90. The topological polar surface area (TPSA) is 32.3 Å². The van der Waals surface area contributed by atoms with Crippen LogP contribution in [0.5, 0.6) is 0 Å². The van der Waals surface area contributed by atoms with Crippen molar-refractivity contribution in [3.05, 3.63) is 31.8 Å². The van der Waals surface area contributed by atoms with Crippen molar-refractivity contribution < 1.29 is 4.79 Å². The molecule has 0 aliphatic heterocycles. The fourth-order valence-corrected chi connectivity index (χ4v) is 2.78. The van der Waals surface area contributed by atoms with Crippen LogP contribution >= 0.6 is 38.5 Å². The van der Waals surface area contributed by atoms with Crippen molar-refractivity contribution in [1.82, 2.24) is 10.2 Å². The Labute approximate surface area is 137 Å². The SMILES string of the molecule is CCCN(CC)CCNC(=O)c1cc(Br)ccc1I. The van der Waals surface area contributed by atoms with E-state index < -0.39 is 0 Å². The van der Waals surface area contributed by atoms with E-state index in [0.717, 1.165) is 39.7 Å². The lowest BCUT2D eigenvalue weighted by molar-refractivity contribution is 0.0947. The zero-order valence-corrected chi connectivity index (χ0v) is 15.1. The van der Waals surface area contributed by atoms with Gasteiger partial charge in [-0.15, -0.1) is 0 Å². The Morgan fingerprint density at radius 2 is 2.11 bits per heavy atom.